The summed E-state index contributed by atoms with van der Waals surface area (Å²) in [6.07, 6.45) is 0.910. The highest BCUT2D eigenvalue weighted by molar-refractivity contribution is 5.46. The van der Waals surface area contributed by atoms with Crippen molar-refractivity contribution in [2.75, 3.05) is 33.9 Å². The first kappa shape index (κ1) is 12.2. The summed E-state index contributed by atoms with van der Waals surface area (Å²) in [5, 5.41) is 13.0. The van der Waals surface area contributed by atoms with Gasteiger partial charge >= 0.3 is 0 Å². The lowest BCUT2D eigenvalue weighted by Crippen LogP contribution is -2.33. The normalized spacial score (nSPS) is 23.7. The highest BCUT2D eigenvalue weighted by Crippen LogP contribution is 2.38. The van der Waals surface area contributed by atoms with Crippen LogP contribution < -0.4 is 14.8 Å². The second-order valence-electron chi connectivity index (χ2n) is 4.43. The van der Waals surface area contributed by atoms with E-state index in [1.807, 2.05) is 18.2 Å². The van der Waals surface area contributed by atoms with Gasteiger partial charge in [-0.15, -0.1) is 0 Å². The zero-order chi connectivity index (χ0) is 12.3. The molecule has 0 spiro atoms. The van der Waals surface area contributed by atoms with Gasteiger partial charge in [0.2, 0.25) is 0 Å². The molecule has 4 nitrogen and oxygen atoms in total. The van der Waals surface area contributed by atoms with Crippen molar-refractivity contribution in [3.05, 3.63) is 23.8 Å². The largest absolute Gasteiger partial charge is 0.497 e. The molecule has 1 unspecified atom stereocenters. The fraction of sp³-hybridized carbons (Fsp3) is 0.538. The van der Waals surface area contributed by atoms with Gasteiger partial charge in [0.1, 0.15) is 11.5 Å². The van der Waals surface area contributed by atoms with Crippen LogP contribution in [0.3, 0.4) is 0 Å². The number of benzene rings is 1. The van der Waals surface area contributed by atoms with Gasteiger partial charge in [0, 0.05) is 17.5 Å². The summed E-state index contributed by atoms with van der Waals surface area (Å²) < 4.78 is 10.6. The van der Waals surface area contributed by atoms with Gasteiger partial charge in [-0.1, -0.05) is 0 Å². The fourth-order valence-corrected chi connectivity index (χ4v) is 2.42. The Bertz CT molecular complexity index is 386. The average Bonchev–Trinajstić information content (AvgIpc) is 2.88. The molecule has 1 aromatic rings. The SMILES string of the molecule is COc1ccc(OC)c(C2(CO)CCNC2)c1. The molecule has 1 atom stereocenters. The maximum Gasteiger partial charge on any atom is 0.123 e. The van der Waals surface area contributed by atoms with Crippen LogP contribution in [-0.4, -0.2) is 39.0 Å². The second-order valence-corrected chi connectivity index (χ2v) is 4.43. The van der Waals surface area contributed by atoms with Gasteiger partial charge in [-0.3, -0.25) is 0 Å². The number of nitrogens with one attached hydrogen (secondary N) is 1. The van der Waals surface area contributed by atoms with E-state index in [1.165, 1.54) is 0 Å². The molecule has 0 aromatic heterocycles. The maximum absolute atomic E-state index is 9.72. The number of hydrogen-bond acceptors (Lipinski definition) is 4. The first-order chi connectivity index (χ1) is 8.25. The zero-order valence-electron chi connectivity index (χ0n) is 10.3. The van der Waals surface area contributed by atoms with Gasteiger partial charge in [-0.25, -0.2) is 0 Å². The van der Waals surface area contributed by atoms with Crippen molar-refractivity contribution in [1.29, 1.82) is 0 Å². The minimum Gasteiger partial charge on any atom is -0.497 e. The minimum atomic E-state index is -0.250. The molecule has 1 aliphatic rings. The first-order valence-corrected chi connectivity index (χ1v) is 5.80. The maximum atomic E-state index is 9.72. The molecule has 1 fully saturated rings. The number of methoxy groups -OCH3 is 2. The molecule has 0 saturated carbocycles. The van der Waals surface area contributed by atoms with Gasteiger partial charge < -0.3 is 19.9 Å². The number of rotatable bonds is 4. The van der Waals surface area contributed by atoms with E-state index < -0.39 is 0 Å². The Morgan fingerprint density at radius 2 is 2.18 bits per heavy atom. The second kappa shape index (κ2) is 4.94. The van der Waals surface area contributed by atoms with E-state index in [4.69, 9.17) is 9.47 Å². The smallest absolute Gasteiger partial charge is 0.123 e. The monoisotopic (exact) mass is 237 g/mol. The van der Waals surface area contributed by atoms with Gasteiger partial charge in [0.15, 0.2) is 0 Å². The molecule has 2 rings (SSSR count). The predicted molar refractivity (Wildman–Crippen MR) is 65.8 cm³/mol. The van der Waals surface area contributed by atoms with Crippen molar-refractivity contribution >= 4 is 0 Å². The number of aliphatic hydroxyl groups excluding tert-OH is 1. The summed E-state index contributed by atoms with van der Waals surface area (Å²) in [7, 11) is 3.29. The fourth-order valence-electron chi connectivity index (χ4n) is 2.42. The third kappa shape index (κ3) is 2.10. The lowest BCUT2D eigenvalue weighted by molar-refractivity contribution is 0.201. The molecule has 1 aliphatic heterocycles. The van der Waals surface area contributed by atoms with Crippen LogP contribution in [0.2, 0.25) is 0 Å². The minimum absolute atomic E-state index is 0.115. The van der Waals surface area contributed by atoms with Crippen molar-refractivity contribution in [2.45, 2.75) is 11.8 Å². The van der Waals surface area contributed by atoms with Crippen LogP contribution in [0.15, 0.2) is 18.2 Å². The summed E-state index contributed by atoms with van der Waals surface area (Å²) in [5.74, 6) is 1.60. The molecule has 0 bridgehead atoms. The molecule has 0 aliphatic carbocycles. The summed E-state index contributed by atoms with van der Waals surface area (Å²) in [6.45, 7) is 1.80. The number of aliphatic hydroxyl groups is 1. The standard InChI is InChI=1S/C13H19NO3/c1-16-10-3-4-12(17-2)11(7-10)13(9-15)5-6-14-8-13/h3-4,7,14-15H,5-6,8-9H2,1-2H3. The lowest BCUT2D eigenvalue weighted by atomic mass is 9.80. The molecule has 1 heterocycles. The van der Waals surface area contributed by atoms with E-state index in [0.29, 0.717) is 0 Å². The molecule has 4 heteroatoms. The molecule has 2 N–H and O–H groups in total. The van der Waals surface area contributed by atoms with Crippen LogP contribution >= 0.6 is 0 Å². The van der Waals surface area contributed by atoms with Gasteiger partial charge in [-0.05, 0) is 31.2 Å². The quantitative estimate of drug-likeness (QED) is 0.818. The summed E-state index contributed by atoms with van der Waals surface area (Å²) >= 11 is 0. The highest BCUT2D eigenvalue weighted by Gasteiger charge is 2.37. The van der Waals surface area contributed by atoms with E-state index >= 15 is 0 Å². The van der Waals surface area contributed by atoms with Gasteiger partial charge in [0.05, 0.1) is 20.8 Å². The van der Waals surface area contributed by atoms with Gasteiger partial charge in [-0.2, -0.15) is 0 Å². The van der Waals surface area contributed by atoms with Crippen LogP contribution in [0.5, 0.6) is 11.5 Å². The van der Waals surface area contributed by atoms with Crippen LogP contribution in [0.25, 0.3) is 0 Å². The molecular formula is C13H19NO3. The van der Waals surface area contributed by atoms with Crippen molar-refractivity contribution in [3.8, 4) is 11.5 Å². The van der Waals surface area contributed by atoms with Crippen LogP contribution in [0.1, 0.15) is 12.0 Å². The Labute approximate surface area is 102 Å². The van der Waals surface area contributed by atoms with Crippen molar-refractivity contribution in [2.24, 2.45) is 0 Å². The third-order valence-electron chi connectivity index (χ3n) is 3.52. The summed E-state index contributed by atoms with van der Waals surface area (Å²) in [6, 6.07) is 5.72. The van der Waals surface area contributed by atoms with Crippen LogP contribution in [-0.2, 0) is 5.41 Å². The predicted octanol–water partition coefficient (Wildman–Crippen LogP) is 0.927. The molecule has 94 valence electrons. The Kier molecular flexibility index (Phi) is 3.54. The number of ether oxygens (including phenoxy) is 2. The van der Waals surface area contributed by atoms with Gasteiger partial charge in [0.25, 0.3) is 0 Å². The zero-order valence-corrected chi connectivity index (χ0v) is 10.3. The Hall–Kier alpha value is -1.26. The Balaban J connectivity index is 2.46. The van der Waals surface area contributed by atoms with E-state index in [0.717, 1.165) is 36.6 Å². The van der Waals surface area contributed by atoms with E-state index in [1.54, 1.807) is 14.2 Å². The number of hydrogen-bond donors (Lipinski definition) is 2. The first-order valence-electron chi connectivity index (χ1n) is 5.80. The highest BCUT2D eigenvalue weighted by atomic mass is 16.5. The van der Waals surface area contributed by atoms with E-state index in [2.05, 4.69) is 5.32 Å². The Morgan fingerprint density at radius 1 is 1.35 bits per heavy atom. The molecule has 1 aromatic carbocycles. The summed E-state index contributed by atoms with van der Waals surface area (Å²) in [4.78, 5) is 0. The van der Waals surface area contributed by atoms with Crippen molar-refractivity contribution in [3.63, 3.8) is 0 Å². The van der Waals surface area contributed by atoms with E-state index in [-0.39, 0.29) is 12.0 Å². The Morgan fingerprint density at radius 3 is 2.71 bits per heavy atom. The molecule has 0 amide bonds. The third-order valence-corrected chi connectivity index (χ3v) is 3.52. The summed E-state index contributed by atoms with van der Waals surface area (Å²) in [5.41, 5.74) is 0.770. The molecular weight excluding hydrogens is 218 g/mol. The lowest BCUT2D eigenvalue weighted by Gasteiger charge is -2.28. The van der Waals surface area contributed by atoms with Crippen molar-refractivity contribution < 1.29 is 14.6 Å². The van der Waals surface area contributed by atoms with E-state index in [9.17, 15) is 5.11 Å². The van der Waals surface area contributed by atoms with Crippen LogP contribution in [0, 0.1) is 0 Å². The van der Waals surface area contributed by atoms with Crippen molar-refractivity contribution in [1.82, 2.24) is 5.32 Å². The average molecular weight is 237 g/mol. The molecule has 17 heavy (non-hydrogen) atoms. The molecule has 0 radical (unpaired) electrons. The van der Waals surface area contributed by atoms with Crippen LogP contribution in [0.4, 0.5) is 0 Å². The molecule has 1 saturated heterocycles. The topological polar surface area (TPSA) is 50.7 Å².